The van der Waals surface area contributed by atoms with Crippen molar-refractivity contribution in [3.8, 4) is 5.75 Å². The minimum atomic E-state index is -0.774. The molecule has 4 aromatic carbocycles. The molecule has 35 heavy (non-hydrogen) atoms. The van der Waals surface area contributed by atoms with E-state index in [1.807, 2.05) is 30.3 Å². The van der Waals surface area contributed by atoms with Crippen LogP contribution < -0.4 is 15.0 Å². The molecule has 5 heteroatoms. The van der Waals surface area contributed by atoms with Crippen molar-refractivity contribution in [2.24, 2.45) is 0 Å². The number of carboxylic acids is 1. The number of carbonyl (C=O) groups is 1. The van der Waals surface area contributed by atoms with Crippen LogP contribution in [-0.2, 0) is 11.2 Å². The average molecular weight is 467 g/mol. The molecule has 1 unspecified atom stereocenters. The summed E-state index contributed by atoms with van der Waals surface area (Å²) in [5, 5.41) is 15.2. The van der Waals surface area contributed by atoms with E-state index in [-0.39, 0.29) is 18.6 Å². The Labute approximate surface area is 206 Å². The summed E-state index contributed by atoms with van der Waals surface area (Å²) in [6.45, 7) is 3.64. The van der Waals surface area contributed by atoms with E-state index in [1.54, 1.807) is 0 Å². The van der Waals surface area contributed by atoms with E-state index >= 15 is 0 Å². The monoisotopic (exact) mass is 466 g/mol. The second-order valence-electron chi connectivity index (χ2n) is 9.08. The van der Waals surface area contributed by atoms with Crippen LogP contribution in [0.1, 0.15) is 30.5 Å². The number of ether oxygens (including phenoxy) is 1. The molecule has 0 aliphatic carbocycles. The quantitative estimate of drug-likeness (QED) is 0.328. The minimum Gasteiger partial charge on any atom is -0.485 e. The third kappa shape index (κ3) is 5.15. The van der Waals surface area contributed by atoms with Crippen molar-refractivity contribution >= 4 is 28.1 Å². The Morgan fingerprint density at radius 3 is 2.57 bits per heavy atom. The van der Waals surface area contributed by atoms with Crippen molar-refractivity contribution in [3.63, 3.8) is 0 Å². The summed E-state index contributed by atoms with van der Waals surface area (Å²) >= 11 is 0. The van der Waals surface area contributed by atoms with E-state index < -0.39 is 5.97 Å². The number of hydrogen-bond donors (Lipinski definition) is 2. The van der Waals surface area contributed by atoms with Crippen molar-refractivity contribution < 1.29 is 14.6 Å². The lowest BCUT2D eigenvalue weighted by atomic mass is 9.99. The zero-order valence-electron chi connectivity index (χ0n) is 19.9. The van der Waals surface area contributed by atoms with Gasteiger partial charge in [-0.3, -0.25) is 4.79 Å². The van der Waals surface area contributed by atoms with Crippen molar-refractivity contribution in [3.05, 3.63) is 102 Å². The number of anilines is 2. The highest BCUT2D eigenvalue weighted by atomic mass is 16.5. The van der Waals surface area contributed by atoms with Gasteiger partial charge >= 0.3 is 5.97 Å². The molecule has 1 heterocycles. The molecule has 0 aromatic heterocycles. The number of benzene rings is 4. The topological polar surface area (TPSA) is 61.8 Å². The van der Waals surface area contributed by atoms with Gasteiger partial charge in [0.05, 0.1) is 12.2 Å². The molecule has 0 bridgehead atoms. The normalized spacial score (nSPS) is 15.9. The standard InChI is InChI=1S/C30H30N2O3/c1-21(26-10-6-8-23-7-2-3-9-27(23)26)31-19-25-20-32(28-11-4-5-12-29(28)35-25)24-16-13-22(14-17-24)15-18-30(33)34/h2-14,16-17,21,25,31H,15,18-20H2,1H3,(H,33,34)/t21-,25?/m1/s1. The van der Waals surface area contributed by atoms with Crippen LogP contribution in [0.5, 0.6) is 5.75 Å². The summed E-state index contributed by atoms with van der Waals surface area (Å²) in [5.74, 6) is 0.0996. The molecule has 1 aliphatic rings. The maximum atomic E-state index is 10.9. The second-order valence-corrected chi connectivity index (χ2v) is 9.08. The Morgan fingerprint density at radius 2 is 1.74 bits per heavy atom. The van der Waals surface area contributed by atoms with Gasteiger partial charge in [0, 0.05) is 24.7 Å². The molecular weight excluding hydrogens is 436 g/mol. The van der Waals surface area contributed by atoms with E-state index in [9.17, 15) is 4.79 Å². The Hall–Kier alpha value is -3.83. The average Bonchev–Trinajstić information content (AvgIpc) is 2.90. The van der Waals surface area contributed by atoms with E-state index in [0.717, 1.165) is 29.2 Å². The minimum absolute atomic E-state index is 0.0194. The number of fused-ring (bicyclic) bond motifs is 2. The molecule has 178 valence electrons. The molecule has 0 amide bonds. The van der Waals surface area contributed by atoms with Crippen LogP contribution in [0, 0.1) is 0 Å². The summed E-state index contributed by atoms with van der Waals surface area (Å²) < 4.78 is 6.38. The smallest absolute Gasteiger partial charge is 0.303 e. The van der Waals surface area contributed by atoms with Crippen LogP contribution in [0.3, 0.4) is 0 Å². The zero-order chi connectivity index (χ0) is 24.2. The van der Waals surface area contributed by atoms with Gasteiger partial charge < -0.3 is 20.1 Å². The predicted molar refractivity (Wildman–Crippen MR) is 141 cm³/mol. The Bertz CT molecular complexity index is 1310. The highest BCUT2D eigenvalue weighted by Crippen LogP contribution is 2.38. The van der Waals surface area contributed by atoms with Crippen molar-refractivity contribution in [1.29, 1.82) is 0 Å². The summed E-state index contributed by atoms with van der Waals surface area (Å²) in [7, 11) is 0. The van der Waals surface area contributed by atoms with E-state index in [2.05, 4.69) is 77.8 Å². The van der Waals surface area contributed by atoms with Gasteiger partial charge in [0.15, 0.2) is 0 Å². The number of rotatable bonds is 8. The summed E-state index contributed by atoms with van der Waals surface area (Å²) in [6.07, 6.45) is 0.657. The fourth-order valence-electron chi connectivity index (χ4n) is 4.79. The maximum absolute atomic E-state index is 10.9. The molecule has 0 saturated heterocycles. The zero-order valence-corrected chi connectivity index (χ0v) is 19.9. The third-order valence-corrected chi connectivity index (χ3v) is 6.65. The number of nitrogens with zero attached hydrogens (tertiary/aromatic N) is 1. The first-order chi connectivity index (χ1) is 17.1. The second kappa shape index (κ2) is 10.2. The molecule has 0 fully saturated rings. The van der Waals surface area contributed by atoms with Gasteiger partial charge in [0.25, 0.3) is 0 Å². The number of para-hydroxylation sites is 2. The summed E-state index contributed by atoms with van der Waals surface area (Å²) in [6, 6.07) is 31.4. The number of carboxylic acid groups (broad SMARTS) is 1. The molecular formula is C30H30N2O3. The van der Waals surface area contributed by atoms with Crippen LogP contribution in [0.25, 0.3) is 10.8 Å². The van der Waals surface area contributed by atoms with E-state index in [0.29, 0.717) is 13.0 Å². The number of hydrogen-bond acceptors (Lipinski definition) is 4. The Balaban J connectivity index is 1.32. The molecule has 5 rings (SSSR count). The Kier molecular flexibility index (Phi) is 6.68. The number of aryl methyl sites for hydroxylation is 1. The van der Waals surface area contributed by atoms with Gasteiger partial charge in [-0.25, -0.2) is 0 Å². The summed E-state index contributed by atoms with van der Waals surface area (Å²) in [5.41, 5.74) is 4.43. The largest absolute Gasteiger partial charge is 0.485 e. The summed E-state index contributed by atoms with van der Waals surface area (Å²) in [4.78, 5) is 13.2. The highest BCUT2D eigenvalue weighted by molar-refractivity contribution is 5.86. The van der Waals surface area contributed by atoms with Crippen molar-refractivity contribution in [2.45, 2.75) is 31.9 Å². The highest BCUT2D eigenvalue weighted by Gasteiger charge is 2.27. The first-order valence-electron chi connectivity index (χ1n) is 12.1. The molecule has 2 N–H and O–H groups in total. The molecule has 0 radical (unpaired) electrons. The van der Waals surface area contributed by atoms with Gasteiger partial charge in [-0.1, -0.05) is 66.7 Å². The Morgan fingerprint density at radius 1 is 1.00 bits per heavy atom. The predicted octanol–water partition coefficient (Wildman–Crippen LogP) is 6.11. The lowest BCUT2D eigenvalue weighted by molar-refractivity contribution is -0.136. The fourth-order valence-corrected chi connectivity index (χ4v) is 4.79. The van der Waals surface area contributed by atoms with E-state index in [1.165, 1.54) is 16.3 Å². The third-order valence-electron chi connectivity index (χ3n) is 6.65. The molecule has 0 saturated carbocycles. The van der Waals surface area contributed by atoms with Crippen LogP contribution in [0.2, 0.25) is 0 Å². The molecule has 1 aliphatic heterocycles. The first-order valence-corrected chi connectivity index (χ1v) is 12.1. The molecule has 0 spiro atoms. The number of aliphatic carboxylic acids is 1. The van der Waals surface area contributed by atoms with Crippen molar-refractivity contribution in [2.75, 3.05) is 18.0 Å². The maximum Gasteiger partial charge on any atom is 0.303 e. The van der Waals surface area contributed by atoms with Crippen molar-refractivity contribution in [1.82, 2.24) is 5.32 Å². The molecule has 5 nitrogen and oxygen atoms in total. The van der Waals surface area contributed by atoms with Crippen LogP contribution in [-0.4, -0.2) is 30.3 Å². The SMILES string of the molecule is C[C@@H](NCC1CN(c2ccc(CCC(=O)O)cc2)c2ccccc2O1)c1cccc2ccccc12. The molecule has 4 aromatic rings. The van der Waals surface area contributed by atoms with Gasteiger partial charge in [-0.05, 0) is 59.5 Å². The number of nitrogens with one attached hydrogen (secondary N) is 1. The van der Waals surface area contributed by atoms with Crippen LogP contribution in [0.4, 0.5) is 11.4 Å². The first kappa shape index (κ1) is 22.9. The van der Waals surface area contributed by atoms with Gasteiger partial charge in [-0.15, -0.1) is 0 Å². The molecule has 2 atom stereocenters. The fraction of sp³-hybridized carbons (Fsp3) is 0.233. The van der Waals surface area contributed by atoms with Gasteiger partial charge in [0.2, 0.25) is 0 Å². The van der Waals surface area contributed by atoms with Gasteiger partial charge in [-0.2, -0.15) is 0 Å². The van der Waals surface area contributed by atoms with Crippen LogP contribution in [0.15, 0.2) is 91.0 Å². The lowest BCUT2D eigenvalue weighted by Gasteiger charge is -2.37. The van der Waals surface area contributed by atoms with Gasteiger partial charge in [0.1, 0.15) is 11.9 Å². The van der Waals surface area contributed by atoms with Crippen LogP contribution >= 0.6 is 0 Å². The lowest BCUT2D eigenvalue weighted by Crippen LogP contribution is -2.44. The van der Waals surface area contributed by atoms with E-state index in [4.69, 9.17) is 9.84 Å².